The maximum Gasteiger partial charge on any atom is 0.306 e. The van der Waals surface area contributed by atoms with Crippen LogP contribution in [0.15, 0.2) is 85.1 Å². The molecule has 0 aromatic rings. The summed E-state index contributed by atoms with van der Waals surface area (Å²) in [7, 11) is 0. The number of rotatable bonds is 48. The topological polar surface area (TPSA) is 78.9 Å². The van der Waals surface area contributed by atoms with E-state index in [0.717, 1.165) is 89.9 Å². The fourth-order valence-electron chi connectivity index (χ4n) is 7.22. The molecule has 0 rings (SSSR count). The van der Waals surface area contributed by atoms with Gasteiger partial charge in [0.2, 0.25) is 0 Å². The molecule has 0 aromatic carbocycles. The Balaban J connectivity index is 4.50. The average Bonchev–Trinajstić information content (AvgIpc) is 3.30. The van der Waals surface area contributed by atoms with E-state index in [9.17, 15) is 14.4 Å². The molecular formula is C59H100O6. The Morgan fingerprint density at radius 3 is 0.969 bits per heavy atom. The molecule has 0 amide bonds. The van der Waals surface area contributed by atoms with E-state index in [1.54, 1.807) is 0 Å². The van der Waals surface area contributed by atoms with Crippen LogP contribution in [-0.4, -0.2) is 37.2 Å². The van der Waals surface area contributed by atoms with Gasteiger partial charge in [-0.1, -0.05) is 202 Å². The van der Waals surface area contributed by atoms with Crippen LogP contribution in [0.5, 0.6) is 0 Å². The number of carbonyl (C=O) groups is 3. The number of carbonyl (C=O) groups excluding carboxylic acids is 3. The van der Waals surface area contributed by atoms with Crippen LogP contribution in [0.2, 0.25) is 0 Å². The smallest absolute Gasteiger partial charge is 0.306 e. The van der Waals surface area contributed by atoms with Gasteiger partial charge in [0.25, 0.3) is 0 Å². The first-order valence-electron chi connectivity index (χ1n) is 27.1. The number of hydrogen-bond donors (Lipinski definition) is 0. The number of unbranched alkanes of at least 4 members (excludes halogenated alkanes) is 23. The van der Waals surface area contributed by atoms with Crippen LogP contribution in [0.25, 0.3) is 0 Å². The van der Waals surface area contributed by atoms with Crippen LogP contribution < -0.4 is 0 Å². The molecule has 0 aliphatic carbocycles. The first-order chi connectivity index (χ1) is 32.0. The summed E-state index contributed by atoms with van der Waals surface area (Å²) in [5, 5.41) is 0. The van der Waals surface area contributed by atoms with Crippen LogP contribution in [-0.2, 0) is 28.6 Å². The molecule has 1 unspecified atom stereocenters. The van der Waals surface area contributed by atoms with Gasteiger partial charge in [-0.2, -0.15) is 0 Å². The second-order valence-corrected chi connectivity index (χ2v) is 17.8. The van der Waals surface area contributed by atoms with E-state index in [-0.39, 0.29) is 37.5 Å². The van der Waals surface area contributed by atoms with E-state index in [2.05, 4.69) is 106 Å². The summed E-state index contributed by atoms with van der Waals surface area (Å²) in [6.45, 7) is 6.51. The van der Waals surface area contributed by atoms with E-state index < -0.39 is 6.10 Å². The second kappa shape index (κ2) is 53.2. The molecular weight excluding hydrogens is 805 g/mol. The Kier molecular flexibility index (Phi) is 50.4. The maximum atomic E-state index is 12.8. The molecule has 372 valence electrons. The zero-order chi connectivity index (χ0) is 47.2. The molecule has 0 saturated heterocycles. The standard InChI is InChI=1S/C59H100O6/c1-4-7-10-13-16-19-22-25-28-29-32-34-37-40-43-46-49-52-58(61)64-55-56(65-59(62)53-50-47-44-41-38-35-31-27-24-21-18-15-12-9-6-3)54-63-57(60)51-48-45-42-39-36-33-30-26-23-20-17-14-11-8-5-2/h16-17,19-21,24-26,28,30,32,34,40,43,56H,4-15,18,22-23,27,29,31,33,35-39,41-42,44-55H2,1-3H3. The van der Waals surface area contributed by atoms with Gasteiger partial charge in [0.1, 0.15) is 13.2 Å². The zero-order valence-electron chi connectivity index (χ0n) is 42.5. The molecule has 0 bridgehead atoms. The lowest BCUT2D eigenvalue weighted by molar-refractivity contribution is -0.167. The van der Waals surface area contributed by atoms with Gasteiger partial charge >= 0.3 is 17.9 Å². The van der Waals surface area contributed by atoms with Crippen molar-refractivity contribution in [3.05, 3.63) is 85.1 Å². The van der Waals surface area contributed by atoms with Crippen LogP contribution in [0.3, 0.4) is 0 Å². The molecule has 0 spiro atoms. The highest BCUT2D eigenvalue weighted by atomic mass is 16.6. The Bertz CT molecular complexity index is 1270. The lowest BCUT2D eigenvalue weighted by atomic mass is 10.1. The monoisotopic (exact) mass is 905 g/mol. The Hall–Kier alpha value is -3.41. The summed E-state index contributed by atoms with van der Waals surface area (Å²) in [6.07, 6.45) is 68.5. The quantitative estimate of drug-likeness (QED) is 0.0262. The van der Waals surface area contributed by atoms with E-state index in [1.165, 1.54) is 116 Å². The third-order valence-electron chi connectivity index (χ3n) is 11.3. The van der Waals surface area contributed by atoms with Gasteiger partial charge in [-0.05, 0) is 116 Å². The maximum absolute atomic E-state index is 12.8. The van der Waals surface area contributed by atoms with Crippen molar-refractivity contribution in [3.8, 4) is 0 Å². The van der Waals surface area contributed by atoms with Crippen molar-refractivity contribution < 1.29 is 28.6 Å². The number of allylic oxidation sites excluding steroid dienone is 14. The van der Waals surface area contributed by atoms with Gasteiger partial charge in [0.05, 0.1) is 0 Å². The second-order valence-electron chi connectivity index (χ2n) is 17.8. The fraction of sp³-hybridized carbons (Fsp3) is 0.712. The number of ether oxygens (including phenoxy) is 3. The largest absolute Gasteiger partial charge is 0.462 e. The molecule has 0 fully saturated rings. The minimum absolute atomic E-state index is 0.103. The Morgan fingerprint density at radius 1 is 0.308 bits per heavy atom. The number of esters is 3. The number of hydrogen-bond acceptors (Lipinski definition) is 6. The van der Waals surface area contributed by atoms with Crippen LogP contribution in [0.1, 0.15) is 252 Å². The highest BCUT2D eigenvalue weighted by Crippen LogP contribution is 2.13. The van der Waals surface area contributed by atoms with Crippen LogP contribution >= 0.6 is 0 Å². The van der Waals surface area contributed by atoms with Crippen molar-refractivity contribution in [2.24, 2.45) is 0 Å². The van der Waals surface area contributed by atoms with Crippen molar-refractivity contribution >= 4 is 17.9 Å². The highest BCUT2D eigenvalue weighted by Gasteiger charge is 2.19. The van der Waals surface area contributed by atoms with Gasteiger partial charge in [-0.25, -0.2) is 0 Å². The highest BCUT2D eigenvalue weighted by molar-refractivity contribution is 5.71. The molecule has 0 saturated carbocycles. The van der Waals surface area contributed by atoms with Crippen molar-refractivity contribution in [2.45, 2.75) is 258 Å². The predicted molar refractivity (Wildman–Crippen MR) is 279 cm³/mol. The summed E-state index contributed by atoms with van der Waals surface area (Å²) < 4.78 is 16.8. The molecule has 6 heteroatoms. The average molecular weight is 905 g/mol. The molecule has 65 heavy (non-hydrogen) atoms. The molecule has 0 N–H and O–H groups in total. The first kappa shape index (κ1) is 61.6. The van der Waals surface area contributed by atoms with Crippen LogP contribution in [0, 0.1) is 0 Å². The van der Waals surface area contributed by atoms with Crippen molar-refractivity contribution in [1.29, 1.82) is 0 Å². The van der Waals surface area contributed by atoms with Gasteiger partial charge < -0.3 is 14.2 Å². The SMILES string of the molecule is CCCCCC=CCC=CCC=CCC=CCCCC(=O)OCC(COC(=O)CCCCCCCC=CCC=CCCCCC)OC(=O)CCCCCCCCCC=CCCCCCC. The summed E-state index contributed by atoms with van der Waals surface area (Å²) in [4.78, 5) is 38.0. The molecule has 0 heterocycles. The summed E-state index contributed by atoms with van der Waals surface area (Å²) in [6, 6.07) is 0. The van der Waals surface area contributed by atoms with Gasteiger partial charge in [-0.15, -0.1) is 0 Å². The lowest BCUT2D eigenvalue weighted by Gasteiger charge is -2.18. The molecule has 0 aliphatic rings. The van der Waals surface area contributed by atoms with E-state index in [1.807, 2.05) is 0 Å². The molecule has 0 radical (unpaired) electrons. The molecule has 0 aromatic heterocycles. The molecule has 6 nitrogen and oxygen atoms in total. The Labute approximate surface area is 401 Å². The van der Waals surface area contributed by atoms with E-state index in [4.69, 9.17) is 14.2 Å². The van der Waals surface area contributed by atoms with Crippen molar-refractivity contribution in [2.75, 3.05) is 13.2 Å². The fourth-order valence-corrected chi connectivity index (χ4v) is 7.22. The minimum atomic E-state index is -0.807. The third-order valence-corrected chi connectivity index (χ3v) is 11.3. The predicted octanol–water partition coefficient (Wildman–Crippen LogP) is 18.0. The van der Waals surface area contributed by atoms with Crippen molar-refractivity contribution in [3.63, 3.8) is 0 Å². The van der Waals surface area contributed by atoms with Gasteiger partial charge in [0.15, 0.2) is 6.10 Å². The first-order valence-corrected chi connectivity index (χ1v) is 27.1. The van der Waals surface area contributed by atoms with Gasteiger partial charge in [-0.3, -0.25) is 14.4 Å². The minimum Gasteiger partial charge on any atom is -0.462 e. The van der Waals surface area contributed by atoms with Crippen LogP contribution in [0.4, 0.5) is 0 Å². The summed E-state index contributed by atoms with van der Waals surface area (Å²) in [5.74, 6) is -0.977. The lowest BCUT2D eigenvalue weighted by Crippen LogP contribution is -2.30. The van der Waals surface area contributed by atoms with Crippen molar-refractivity contribution in [1.82, 2.24) is 0 Å². The Morgan fingerprint density at radius 2 is 0.569 bits per heavy atom. The summed E-state index contributed by atoms with van der Waals surface area (Å²) in [5.41, 5.74) is 0. The third kappa shape index (κ3) is 51.4. The normalized spacial score (nSPS) is 12.7. The van der Waals surface area contributed by atoms with E-state index in [0.29, 0.717) is 19.3 Å². The summed E-state index contributed by atoms with van der Waals surface area (Å²) >= 11 is 0. The molecule has 1 atom stereocenters. The molecule has 0 aliphatic heterocycles. The van der Waals surface area contributed by atoms with E-state index >= 15 is 0 Å². The van der Waals surface area contributed by atoms with Gasteiger partial charge in [0, 0.05) is 19.3 Å². The zero-order valence-corrected chi connectivity index (χ0v) is 42.5.